The second kappa shape index (κ2) is 8.74. The second-order valence-electron chi connectivity index (χ2n) is 6.71. The quantitative estimate of drug-likeness (QED) is 0.790. The van der Waals surface area contributed by atoms with Gasteiger partial charge in [0.25, 0.3) is 0 Å². The number of carboxylic acid groups (broad SMARTS) is 1. The van der Waals surface area contributed by atoms with Gasteiger partial charge in [-0.2, -0.15) is 0 Å². The van der Waals surface area contributed by atoms with Crippen molar-refractivity contribution in [2.45, 2.75) is 52.2 Å². The molecule has 1 aliphatic rings. The van der Waals surface area contributed by atoms with E-state index in [9.17, 15) is 14.7 Å². The lowest BCUT2D eigenvalue weighted by Gasteiger charge is -2.27. The van der Waals surface area contributed by atoms with Crippen molar-refractivity contribution >= 4 is 11.9 Å². The first kappa shape index (κ1) is 19.1. The van der Waals surface area contributed by atoms with Crippen molar-refractivity contribution in [1.29, 1.82) is 0 Å². The maximum atomic E-state index is 12.4. The number of amides is 1. The summed E-state index contributed by atoms with van der Waals surface area (Å²) in [7, 11) is 1.57. The molecular formula is C19H27NO5. The Morgan fingerprint density at radius 2 is 1.88 bits per heavy atom. The minimum absolute atomic E-state index is 0.0405. The number of aliphatic carboxylic acids is 1. The van der Waals surface area contributed by atoms with Gasteiger partial charge in [-0.15, -0.1) is 0 Å². The van der Waals surface area contributed by atoms with Gasteiger partial charge in [-0.1, -0.05) is 18.9 Å². The summed E-state index contributed by atoms with van der Waals surface area (Å²) in [6.07, 6.45) is 3.01. The van der Waals surface area contributed by atoms with E-state index >= 15 is 0 Å². The predicted molar refractivity (Wildman–Crippen MR) is 93.7 cm³/mol. The Balaban J connectivity index is 2.00. The molecule has 2 unspecified atom stereocenters. The van der Waals surface area contributed by atoms with Crippen LogP contribution in [0.1, 0.15) is 45.1 Å². The van der Waals surface area contributed by atoms with Crippen LogP contribution in [0.4, 0.5) is 0 Å². The standard InChI is InChI=1S/C19H27NO5/c1-12(2)25-16-9-8-13(10-17(16)24-3)11-20-18(21)14-6-4-5-7-15(14)19(22)23/h8-10,12,14-15H,4-7,11H2,1-3H3,(H,20,21)(H,22,23). The molecule has 1 amide bonds. The Bertz CT molecular complexity index is 614. The zero-order valence-corrected chi connectivity index (χ0v) is 15.1. The van der Waals surface area contributed by atoms with Crippen molar-refractivity contribution < 1.29 is 24.2 Å². The number of carbonyl (C=O) groups excluding carboxylic acids is 1. The van der Waals surface area contributed by atoms with Crippen LogP contribution in [-0.4, -0.2) is 30.2 Å². The van der Waals surface area contributed by atoms with Crippen molar-refractivity contribution in [2.75, 3.05) is 7.11 Å². The summed E-state index contributed by atoms with van der Waals surface area (Å²) in [6, 6.07) is 5.52. The van der Waals surface area contributed by atoms with Crippen molar-refractivity contribution in [2.24, 2.45) is 11.8 Å². The van der Waals surface area contributed by atoms with Crippen LogP contribution in [0.15, 0.2) is 18.2 Å². The second-order valence-corrected chi connectivity index (χ2v) is 6.71. The fourth-order valence-electron chi connectivity index (χ4n) is 3.23. The summed E-state index contributed by atoms with van der Waals surface area (Å²) >= 11 is 0. The Hall–Kier alpha value is -2.24. The van der Waals surface area contributed by atoms with E-state index in [4.69, 9.17) is 9.47 Å². The van der Waals surface area contributed by atoms with E-state index in [0.717, 1.165) is 18.4 Å². The maximum absolute atomic E-state index is 12.4. The third kappa shape index (κ3) is 5.11. The highest BCUT2D eigenvalue weighted by molar-refractivity contribution is 5.84. The van der Waals surface area contributed by atoms with Gasteiger partial charge in [0, 0.05) is 6.54 Å². The summed E-state index contributed by atoms with van der Waals surface area (Å²) in [5.41, 5.74) is 0.879. The lowest BCUT2D eigenvalue weighted by atomic mass is 9.78. The van der Waals surface area contributed by atoms with Gasteiger partial charge in [0.05, 0.1) is 25.0 Å². The fourth-order valence-corrected chi connectivity index (χ4v) is 3.23. The number of carbonyl (C=O) groups is 2. The molecule has 1 aromatic carbocycles. The van der Waals surface area contributed by atoms with Crippen LogP contribution in [0.5, 0.6) is 11.5 Å². The first-order valence-corrected chi connectivity index (χ1v) is 8.76. The number of methoxy groups -OCH3 is 1. The van der Waals surface area contributed by atoms with Crippen LogP contribution in [0.25, 0.3) is 0 Å². The van der Waals surface area contributed by atoms with Crippen LogP contribution in [-0.2, 0) is 16.1 Å². The molecule has 0 aromatic heterocycles. The highest BCUT2D eigenvalue weighted by Gasteiger charge is 2.35. The maximum Gasteiger partial charge on any atom is 0.307 e. The smallest absolute Gasteiger partial charge is 0.307 e. The molecule has 0 aliphatic heterocycles. The minimum atomic E-state index is -0.878. The van der Waals surface area contributed by atoms with Gasteiger partial charge in [0.1, 0.15) is 0 Å². The largest absolute Gasteiger partial charge is 0.493 e. The molecule has 2 rings (SSSR count). The number of ether oxygens (including phenoxy) is 2. The van der Waals surface area contributed by atoms with Crippen LogP contribution in [0, 0.1) is 11.8 Å². The van der Waals surface area contributed by atoms with Crippen molar-refractivity contribution in [3.8, 4) is 11.5 Å². The number of benzene rings is 1. The molecule has 0 spiro atoms. The molecule has 6 heteroatoms. The minimum Gasteiger partial charge on any atom is -0.493 e. The highest BCUT2D eigenvalue weighted by Crippen LogP contribution is 2.31. The van der Waals surface area contributed by atoms with Gasteiger partial charge in [-0.3, -0.25) is 9.59 Å². The number of hydrogen-bond donors (Lipinski definition) is 2. The topological polar surface area (TPSA) is 84.9 Å². The Morgan fingerprint density at radius 1 is 1.20 bits per heavy atom. The monoisotopic (exact) mass is 349 g/mol. The van der Waals surface area contributed by atoms with Crippen LogP contribution >= 0.6 is 0 Å². The SMILES string of the molecule is COc1cc(CNC(=O)C2CCCCC2C(=O)O)ccc1OC(C)C. The molecule has 1 fully saturated rings. The molecule has 2 atom stereocenters. The molecule has 6 nitrogen and oxygen atoms in total. The number of hydrogen-bond acceptors (Lipinski definition) is 4. The summed E-state index contributed by atoms with van der Waals surface area (Å²) < 4.78 is 11.0. The Labute approximate surface area is 148 Å². The van der Waals surface area contributed by atoms with E-state index < -0.39 is 17.8 Å². The number of carboxylic acids is 1. The van der Waals surface area contributed by atoms with Crippen LogP contribution in [0.2, 0.25) is 0 Å². The van der Waals surface area contributed by atoms with Gasteiger partial charge in [-0.05, 0) is 44.4 Å². The summed E-state index contributed by atoms with van der Waals surface area (Å²) in [5, 5.41) is 12.2. The van der Waals surface area contributed by atoms with Crippen molar-refractivity contribution in [1.82, 2.24) is 5.32 Å². The number of nitrogens with one attached hydrogen (secondary N) is 1. The van der Waals surface area contributed by atoms with Gasteiger partial charge < -0.3 is 19.9 Å². The molecule has 0 saturated heterocycles. The molecule has 138 valence electrons. The molecule has 25 heavy (non-hydrogen) atoms. The van der Waals surface area contributed by atoms with Crippen molar-refractivity contribution in [3.05, 3.63) is 23.8 Å². The van der Waals surface area contributed by atoms with Gasteiger partial charge in [-0.25, -0.2) is 0 Å². The first-order chi connectivity index (χ1) is 11.9. The first-order valence-electron chi connectivity index (χ1n) is 8.76. The van der Waals surface area contributed by atoms with E-state index in [1.165, 1.54) is 0 Å². The van der Waals surface area contributed by atoms with Crippen LogP contribution < -0.4 is 14.8 Å². The third-order valence-electron chi connectivity index (χ3n) is 4.48. The van der Waals surface area contributed by atoms with E-state index in [2.05, 4.69) is 5.32 Å². The summed E-state index contributed by atoms with van der Waals surface area (Å²) in [5.74, 6) is -0.820. The molecule has 0 heterocycles. The summed E-state index contributed by atoms with van der Waals surface area (Å²) in [6.45, 7) is 4.22. The average Bonchev–Trinajstić information content (AvgIpc) is 2.60. The highest BCUT2D eigenvalue weighted by atomic mass is 16.5. The lowest BCUT2D eigenvalue weighted by molar-refractivity contribution is -0.148. The van der Waals surface area contributed by atoms with E-state index in [1.807, 2.05) is 32.0 Å². The van der Waals surface area contributed by atoms with E-state index in [0.29, 0.717) is 30.9 Å². The van der Waals surface area contributed by atoms with E-state index in [1.54, 1.807) is 7.11 Å². The van der Waals surface area contributed by atoms with Gasteiger partial charge in [0.2, 0.25) is 5.91 Å². The van der Waals surface area contributed by atoms with Gasteiger partial charge >= 0.3 is 5.97 Å². The Morgan fingerprint density at radius 3 is 2.48 bits per heavy atom. The molecular weight excluding hydrogens is 322 g/mol. The zero-order chi connectivity index (χ0) is 18.4. The molecule has 1 saturated carbocycles. The van der Waals surface area contributed by atoms with Crippen molar-refractivity contribution in [3.63, 3.8) is 0 Å². The third-order valence-corrected chi connectivity index (χ3v) is 4.48. The number of rotatable bonds is 7. The average molecular weight is 349 g/mol. The normalized spacial score (nSPS) is 20.2. The molecule has 2 N–H and O–H groups in total. The summed E-state index contributed by atoms with van der Waals surface area (Å²) in [4.78, 5) is 23.8. The zero-order valence-electron chi connectivity index (χ0n) is 15.1. The molecule has 0 radical (unpaired) electrons. The predicted octanol–water partition coefficient (Wildman–Crippen LogP) is 2.99. The van der Waals surface area contributed by atoms with Gasteiger partial charge in [0.15, 0.2) is 11.5 Å². The van der Waals surface area contributed by atoms with Crippen LogP contribution in [0.3, 0.4) is 0 Å². The fraction of sp³-hybridized carbons (Fsp3) is 0.579. The molecule has 1 aromatic rings. The molecule has 0 bridgehead atoms. The Kier molecular flexibility index (Phi) is 6.67. The lowest BCUT2D eigenvalue weighted by Crippen LogP contribution is -2.39. The van der Waals surface area contributed by atoms with E-state index in [-0.39, 0.29) is 12.0 Å². The molecule has 1 aliphatic carbocycles.